The minimum absolute atomic E-state index is 0.0178. The van der Waals surface area contributed by atoms with Crippen LogP contribution in [-0.2, 0) is 4.79 Å². The van der Waals surface area contributed by atoms with Gasteiger partial charge in [-0.25, -0.2) is 9.37 Å². The predicted molar refractivity (Wildman–Crippen MR) is 166 cm³/mol. The van der Waals surface area contributed by atoms with Crippen LogP contribution in [0.3, 0.4) is 0 Å². The molecule has 1 aromatic heterocycles. The molecule has 0 atom stereocenters. The maximum atomic E-state index is 15.1. The normalized spacial score (nSPS) is 13.4. The number of para-hydroxylation sites is 1. The van der Waals surface area contributed by atoms with Crippen molar-refractivity contribution in [1.29, 1.82) is 0 Å². The zero-order chi connectivity index (χ0) is 30.5. The average Bonchev–Trinajstić information content (AvgIpc) is 2.96. The molecule has 43 heavy (non-hydrogen) atoms. The molecule has 0 spiro atoms. The van der Waals surface area contributed by atoms with Crippen molar-refractivity contribution in [1.82, 2.24) is 14.9 Å². The van der Waals surface area contributed by atoms with Gasteiger partial charge in [0.15, 0.2) is 0 Å². The Labute approximate surface area is 249 Å². The number of likely N-dealkylation sites (N-methyl/N-ethyl adjacent to an activating group) is 1. The number of rotatable bonds is 8. The van der Waals surface area contributed by atoms with Crippen LogP contribution in [-0.4, -0.2) is 59.9 Å². The first-order chi connectivity index (χ1) is 20.7. The number of carbonyl (C=O) groups excluding carboxylic acids is 2. The van der Waals surface area contributed by atoms with Crippen molar-refractivity contribution in [2.75, 3.05) is 54.1 Å². The molecule has 2 heterocycles. The van der Waals surface area contributed by atoms with Crippen LogP contribution < -0.4 is 25.6 Å². The number of halogens is 1. The Morgan fingerprint density at radius 2 is 1.63 bits per heavy atom. The van der Waals surface area contributed by atoms with Crippen LogP contribution in [0.15, 0.2) is 66.9 Å². The summed E-state index contributed by atoms with van der Waals surface area (Å²) < 4.78 is 21.2. The molecule has 0 bridgehead atoms. The minimum atomic E-state index is -0.459. The summed E-state index contributed by atoms with van der Waals surface area (Å²) in [5.41, 5.74) is 4.09. The fraction of sp³-hybridized carbons (Fsp3) is 0.250. The number of carbonyl (C=O) groups is 2. The number of hydrogen-bond acceptors (Lipinski definition) is 8. The van der Waals surface area contributed by atoms with Gasteiger partial charge in [0.25, 0.3) is 5.91 Å². The van der Waals surface area contributed by atoms with Gasteiger partial charge in [-0.15, -0.1) is 0 Å². The summed E-state index contributed by atoms with van der Waals surface area (Å²) in [6, 6.07) is 17.4. The zero-order valence-corrected chi connectivity index (χ0v) is 24.6. The third kappa shape index (κ3) is 7.25. The Kier molecular flexibility index (Phi) is 8.82. The quantitative estimate of drug-likeness (QED) is 0.241. The van der Waals surface area contributed by atoms with Gasteiger partial charge < -0.3 is 30.5 Å². The average molecular weight is 584 g/mol. The third-order valence-corrected chi connectivity index (χ3v) is 7.13. The number of anilines is 5. The molecule has 11 heteroatoms. The standard InChI is InChI=1S/C32H34FN7O3/c1-20-7-5-8-21(2)29(20)37-30(42)26-19-34-32(38-31(26)43-25-10-6-9-23(17-25)35-22(3)41)36-24-11-12-28(27(33)18-24)40-15-13-39(4)14-16-40/h5-12,17-19H,13-16H2,1-4H3,(H,35,41)(H,37,42)(H,34,36,38). The second kappa shape index (κ2) is 12.9. The molecule has 1 aliphatic rings. The topological polar surface area (TPSA) is 112 Å². The molecule has 10 nitrogen and oxygen atoms in total. The van der Waals surface area contributed by atoms with Crippen molar-refractivity contribution in [2.24, 2.45) is 0 Å². The fourth-order valence-corrected chi connectivity index (χ4v) is 4.82. The molecule has 0 radical (unpaired) electrons. The van der Waals surface area contributed by atoms with Gasteiger partial charge in [0, 0.05) is 62.4 Å². The van der Waals surface area contributed by atoms with E-state index in [2.05, 4.69) is 37.9 Å². The summed E-state index contributed by atoms with van der Waals surface area (Å²) in [5.74, 6) is -0.603. The first-order valence-electron chi connectivity index (χ1n) is 14.0. The fourth-order valence-electron chi connectivity index (χ4n) is 4.82. The van der Waals surface area contributed by atoms with Gasteiger partial charge in [0.1, 0.15) is 17.1 Å². The number of ether oxygens (including phenoxy) is 1. The number of hydrogen-bond donors (Lipinski definition) is 3. The Bertz CT molecular complexity index is 1630. The number of aromatic nitrogens is 2. The van der Waals surface area contributed by atoms with Crippen molar-refractivity contribution in [3.05, 3.63) is 89.4 Å². The number of amides is 2. The van der Waals surface area contributed by atoms with Crippen molar-refractivity contribution in [2.45, 2.75) is 20.8 Å². The number of nitrogens with one attached hydrogen (secondary N) is 3. The number of aryl methyl sites for hydroxylation is 2. The van der Waals surface area contributed by atoms with E-state index in [9.17, 15) is 9.59 Å². The molecule has 3 N–H and O–H groups in total. The Hall–Kier alpha value is -5.03. The Morgan fingerprint density at radius 1 is 0.907 bits per heavy atom. The molecule has 1 fully saturated rings. The maximum Gasteiger partial charge on any atom is 0.262 e. The van der Waals surface area contributed by atoms with Gasteiger partial charge in [0.05, 0.1) is 5.69 Å². The molecule has 4 aromatic rings. The maximum absolute atomic E-state index is 15.1. The minimum Gasteiger partial charge on any atom is -0.438 e. The van der Waals surface area contributed by atoms with E-state index in [0.29, 0.717) is 28.5 Å². The monoisotopic (exact) mass is 583 g/mol. The van der Waals surface area contributed by atoms with Gasteiger partial charge in [0.2, 0.25) is 17.7 Å². The predicted octanol–water partition coefficient (Wildman–Crippen LogP) is 5.73. The Morgan fingerprint density at radius 3 is 2.33 bits per heavy atom. The largest absolute Gasteiger partial charge is 0.438 e. The highest BCUT2D eigenvalue weighted by Gasteiger charge is 2.21. The lowest BCUT2D eigenvalue weighted by Gasteiger charge is -2.34. The zero-order valence-electron chi connectivity index (χ0n) is 24.6. The van der Waals surface area contributed by atoms with E-state index in [1.54, 1.807) is 36.4 Å². The SMILES string of the molecule is CC(=O)Nc1cccc(Oc2nc(Nc3ccc(N4CCN(C)CC4)c(F)c3)ncc2C(=O)Nc2c(C)cccc2C)c1. The highest BCUT2D eigenvalue weighted by Crippen LogP contribution is 2.30. The van der Waals surface area contributed by atoms with Crippen molar-refractivity contribution < 1.29 is 18.7 Å². The van der Waals surface area contributed by atoms with E-state index in [0.717, 1.165) is 37.3 Å². The van der Waals surface area contributed by atoms with Gasteiger partial charge in [-0.2, -0.15) is 4.98 Å². The lowest BCUT2D eigenvalue weighted by atomic mass is 10.1. The lowest BCUT2D eigenvalue weighted by Crippen LogP contribution is -2.44. The highest BCUT2D eigenvalue weighted by molar-refractivity contribution is 6.06. The van der Waals surface area contributed by atoms with Crippen molar-refractivity contribution in [3.63, 3.8) is 0 Å². The van der Waals surface area contributed by atoms with Crippen LogP contribution >= 0.6 is 0 Å². The lowest BCUT2D eigenvalue weighted by molar-refractivity contribution is -0.114. The van der Waals surface area contributed by atoms with Gasteiger partial charge in [-0.05, 0) is 62.4 Å². The second-order valence-corrected chi connectivity index (χ2v) is 10.5. The van der Waals surface area contributed by atoms with Crippen LogP contribution in [0.2, 0.25) is 0 Å². The third-order valence-electron chi connectivity index (χ3n) is 7.13. The van der Waals surface area contributed by atoms with Crippen LogP contribution in [0.4, 0.5) is 33.1 Å². The molecule has 1 saturated heterocycles. The van der Waals surface area contributed by atoms with Crippen LogP contribution in [0.25, 0.3) is 0 Å². The molecule has 0 unspecified atom stereocenters. The first-order valence-corrected chi connectivity index (χ1v) is 14.0. The number of nitrogens with zero attached hydrogens (tertiary/aromatic N) is 4. The first kappa shape index (κ1) is 29.5. The smallest absolute Gasteiger partial charge is 0.262 e. The summed E-state index contributed by atoms with van der Waals surface area (Å²) in [6.45, 7) is 8.46. The van der Waals surface area contributed by atoms with Crippen molar-refractivity contribution >= 4 is 40.5 Å². The molecule has 0 aliphatic carbocycles. The van der Waals surface area contributed by atoms with Crippen LogP contribution in [0, 0.1) is 19.7 Å². The summed E-state index contributed by atoms with van der Waals surface area (Å²) in [4.78, 5) is 38.1. The number of piperazine rings is 1. The molecule has 1 aliphatic heterocycles. The molecule has 222 valence electrons. The molecule has 5 rings (SSSR count). The summed E-state index contributed by atoms with van der Waals surface area (Å²) in [7, 11) is 2.05. The number of benzene rings is 3. The van der Waals surface area contributed by atoms with E-state index in [1.165, 1.54) is 19.2 Å². The molecule has 2 amide bonds. The molecular weight excluding hydrogens is 549 g/mol. The van der Waals surface area contributed by atoms with E-state index in [-0.39, 0.29) is 29.1 Å². The van der Waals surface area contributed by atoms with E-state index < -0.39 is 5.91 Å². The van der Waals surface area contributed by atoms with Gasteiger partial charge >= 0.3 is 0 Å². The summed E-state index contributed by atoms with van der Waals surface area (Å²) in [5, 5.41) is 8.67. The van der Waals surface area contributed by atoms with Crippen LogP contribution in [0.5, 0.6) is 11.6 Å². The van der Waals surface area contributed by atoms with Crippen LogP contribution in [0.1, 0.15) is 28.4 Å². The van der Waals surface area contributed by atoms with Gasteiger partial charge in [-0.3, -0.25) is 9.59 Å². The Balaban J connectivity index is 1.43. The van der Waals surface area contributed by atoms with E-state index in [1.807, 2.05) is 36.9 Å². The molecule has 3 aromatic carbocycles. The van der Waals surface area contributed by atoms with E-state index in [4.69, 9.17) is 4.74 Å². The second-order valence-electron chi connectivity index (χ2n) is 10.5. The summed E-state index contributed by atoms with van der Waals surface area (Å²) >= 11 is 0. The molecule has 0 saturated carbocycles. The van der Waals surface area contributed by atoms with Crippen molar-refractivity contribution in [3.8, 4) is 11.6 Å². The molecular formula is C32H34FN7O3. The summed E-state index contributed by atoms with van der Waals surface area (Å²) in [6.07, 6.45) is 1.36. The highest BCUT2D eigenvalue weighted by atomic mass is 19.1. The van der Waals surface area contributed by atoms with Gasteiger partial charge in [-0.1, -0.05) is 24.3 Å². The van der Waals surface area contributed by atoms with E-state index >= 15 is 4.39 Å².